The van der Waals surface area contributed by atoms with E-state index in [0.29, 0.717) is 65.6 Å². The van der Waals surface area contributed by atoms with E-state index in [1.54, 1.807) is 0 Å². The zero-order valence-corrected chi connectivity index (χ0v) is 18.3. The Morgan fingerprint density at radius 1 is 1.10 bits per heavy atom. The number of ether oxygens (including phenoxy) is 1. The molecule has 0 N–H and O–H groups in total. The molecule has 0 radical (unpaired) electrons. The lowest BCUT2D eigenvalue weighted by molar-refractivity contribution is -0.138. The van der Waals surface area contributed by atoms with Gasteiger partial charge in [-0.3, -0.25) is 19.4 Å². The molecule has 3 rings (SSSR count). The average Bonchev–Trinajstić information content (AvgIpc) is 3.14. The molecule has 0 atom stereocenters. The highest BCUT2D eigenvalue weighted by atomic mass is 35.5. The minimum absolute atomic E-state index is 0.119. The van der Waals surface area contributed by atoms with Crippen molar-refractivity contribution in [1.29, 1.82) is 0 Å². The number of carbonyl (C=O) groups is 2. The van der Waals surface area contributed by atoms with Gasteiger partial charge in [0.1, 0.15) is 0 Å². The number of amides is 2. The van der Waals surface area contributed by atoms with Crippen LogP contribution in [0, 0.1) is 0 Å². The Bertz CT molecular complexity index is 700. The van der Waals surface area contributed by atoms with Crippen molar-refractivity contribution in [3.8, 4) is 0 Å². The molecule has 0 unspecified atom stereocenters. The molecule has 2 saturated heterocycles. The van der Waals surface area contributed by atoms with Crippen LogP contribution in [0.4, 0.5) is 0 Å². The highest BCUT2D eigenvalue weighted by Gasteiger charge is 2.25. The molecule has 160 valence electrons. The average molecular weight is 441 g/mol. The van der Waals surface area contributed by atoms with Gasteiger partial charge < -0.3 is 14.5 Å². The third kappa shape index (κ3) is 6.79. The summed E-state index contributed by atoms with van der Waals surface area (Å²) in [5.74, 6) is 0.272. The molecule has 1 aromatic rings. The molecule has 2 aliphatic rings. The Morgan fingerprint density at radius 3 is 2.41 bits per heavy atom. The molecule has 7 nitrogen and oxygen atoms in total. The van der Waals surface area contributed by atoms with Gasteiger partial charge in [-0.1, -0.05) is 17.7 Å². The second-order valence-corrected chi connectivity index (χ2v) is 9.11. The van der Waals surface area contributed by atoms with Gasteiger partial charge in [0, 0.05) is 57.2 Å². The summed E-state index contributed by atoms with van der Waals surface area (Å²) in [4.78, 5) is 34.3. The Hall–Kier alpha value is -1.45. The molecular formula is C20H29ClN4O3S. The highest BCUT2D eigenvalue weighted by molar-refractivity contribution is 7.16. The topological polar surface area (TPSA) is 56.3 Å². The molecule has 2 aliphatic heterocycles. The summed E-state index contributed by atoms with van der Waals surface area (Å²) >= 11 is 7.55. The number of morpholine rings is 1. The van der Waals surface area contributed by atoms with E-state index in [4.69, 9.17) is 16.3 Å². The van der Waals surface area contributed by atoms with Gasteiger partial charge in [-0.05, 0) is 12.1 Å². The lowest BCUT2D eigenvalue weighted by Gasteiger charge is -2.36. The van der Waals surface area contributed by atoms with Crippen LogP contribution < -0.4 is 0 Å². The molecule has 2 amide bonds. The fraction of sp³-hybridized carbons (Fsp3) is 0.600. The molecule has 0 aromatic carbocycles. The first-order valence-electron chi connectivity index (χ1n) is 9.98. The molecule has 0 aliphatic carbocycles. The Kier molecular flexibility index (Phi) is 8.50. The van der Waals surface area contributed by atoms with Crippen molar-refractivity contribution in [3.63, 3.8) is 0 Å². The maximum atomic E-state index is 12.8. The summed E-state index contributed by atoms with van der Waals surface area (Å²) in [6.45, 7) is 11.3. The Labute approximate surface area is 181 Å². The number of nitrogens with zero attached hydrogens (tertiary/aromatic N) is 4. The predicted molar refractivity (Wildman–Crippen MR) is 115 cm³/mol. The third-order valence-electron chi connectivity index (χ3n) is 5.20. The van der Waals surface area contributed by atoms with Crippen molar-refractivity contribution in [2.24, 2.45) is 0 Å². The van der Waals surface area contributed by atoms with E-state index >= 15 is 0 Å². The van der Waals surface area contributed by atoms with E-state index in [0.717, 1.165) is 22.3 Å². The van der Waals surface area contributed by atoms with Crippen LogP contribution in [-0.2, 0) is 20.9 Å². The number of hydrogen-bond acceptors (Lipinski definition) is 6. The summed E-state index contributed by atoms with van der Waals surface area (Å²) in [7, 11) is 0. The molecule has 0 saturated carbocycles. The largest absolute Gasteiger partial charge is 0.378 e. The molecule has 0 bridgehead atoms. The fourth-order valence-electron chi connectivity index (χ4n) is 3.58. The molecule has 29 heavy (non-hydrogen) atoms. The number of thiophene rings is 1. The van der Waals surface area contributed by atoms with Crippen molar-refractivity contribution >= 4 is 34.8 Å². The highest BCUT2D eigenvalue weighted by Crippen LogP contribution is 2.22. The maximum absolute atomic E-state index is 12.8. The van der Waals surface area contributed by atoms with Crippen molar-refractivity contribution in [2.75, 3.05) is 72.1 Å². The van der Waals surface area contributed by atoms with E-state index in [-0.39, 0.29) is 11.8 Å². The van der Waals surface area contributed by atoms with Crippen molar-refractivity contribution < 1.29 is 14.3 Å². The third-order valence-corrected chi connectivity index (χ3v) is 6.42. The van der Waals surface area contributed by atoms with Gasteiger partial charge in [0.2, 0.25) is 11.8 Å². The number of halogens is 1. The van der Waals surface area contributed by atoms with E-state index < -0.39 is 0 Å². The van der Waals surface area contributed by atoms with Crippen LogP contribution in [0.25, 0.3) is 0 Å². The summed E-state index contributed by atoms with van der Waals surface area (Å²) < 4.78 is 6.06. The van der Waals surface area contributed by atoms with Gasteiger partial charge in [-0.25, -0.2) is 0 Å². The predicted octanol–water partition coefficient (Wildman–Crippen LogP) is 1.39. The normalized spacial score (nSPS) is 18.3. The molecule has 2 fully saturated rings. The van der Waals surface area contributed by atoms with Gasteiger partial charge in [-0.15, -0.1) is 17.9 Å². The van der Waals surface area contributed by atoms with Crippen LogP contribution in [0.15, 0.2) is 24.8 Å². The van der Waals surface area contributed by atoms with Gasteiger partial charge in [-0.2, -0.15) is 0 Å². The van der Waals surface area contributed by atoms with E-state index in [2.05, 4.69) is 16.4 Å². The standard InChI is InChI=1S/C20H29ClN4O3S/c1-2-5-23(14-17-3-4-18(21)29-17)16-20(27)24-8-6-22(7-9-24)15-19(26)25-10-12-28-13-11-25/h2-4H,1,5-16H2. The Balaban J connectivity index is 1.43. The number of rotatable bonds is 8. The first-order chi connectivity index (χ1) is 14.0. The lowest BCUT2D eigenvalue weighted by atomic mass is 10.2. The van der Waals surface area contributed by atoms with Gasteiger partial charge >= 0.3 is 0 Å². The van der Waals surface area contributed by atoms with Crippen molar-refractivity contribution in [1.82, 2.24) is 19.6 Å². The first-order valence-corrected chi connectivity index (χ1v) is 11.2. The Morgan fingerprint density at radius 2 is 1.79 bits per heavy atom. The van der Waals surface area contributed by atoms with Crippen molar-refractivity contribution in [2.45, 2.75) is 6.54 Å². The molecule has 1 aromatic heterocycles. The number of piperazine rings is 1. The minimum atomic E-state index is 0.119. The van der Waals surface area contributed by atoms with E-state index in [1.165, 1.54) is 11.3 Å². The molecule has 0 spiro atoms. The van der Waals surface area contributed by atoms with Gasteiger partial charge in [0.25, 0.3) is 0 Å². The molecule has 9 heteroatoms. The van der Waals surface area contributed by atoms with Crippen LogP contribution in [0.5, 0.6) is 0 Å². The SMILES string of the molecule is C=CCN(CC(=O)N1CCN(CC(=O)N2CCOCC2)CC1)Cc1ccc(Cl)s1. The summed E-state index contributed by atoms with van der Waals surface area (Å²) in [5, 5.41) is 0. The maximum Gasteiger partial charge on any atom is 0.236 e. The van der Waals surface area contributed by atoms with Gasteiger partial charge in [0.05, 0.1) is 30.6 Å². The zero-order valence-electron chi connectivity index (χ0n) is 16.7. The van der Waals surface area contributed by atoms with Crippen molar-refractivity contribution in [3.05, 3.63) is 34.0 Å². The van der Waals surface area contributed by atoms with Crippen LogP contribution >= 0.6 is 22.9 Å². The number of carbonyl (C=O) groups excluding carboxylic acids is 2. The van der Waals surface area contributed by atoms with Crippen LogP contribution in [-0.4, -0.2) is 104 Å². The number of hydrogen-bond donors (Lipinski definition) is 0. The van der Waals surface area contributed by atoms with Gasteiger partial charge in [0.15, 0.2) is 0 Å². The monoisotopic (exact) mass is 440 g/mol. The second-order valence-electron chi connectivity index (χ2n) is 7.31. The van der Waals surface area contributed by atoms with Crippen LogP contribution in [0.3, 0.4) is 0 Å². The fourth-order valence-corrected chi connectivity index (χ4v) is 4.71. The minimum Gasteiger partial charge on any atom is -0.378 e. The smallest absolute Gasteiger partial charge is 0.236 e. The summed E-state index contributed by atoms with van der Waals surface area (Å²) in [6.07, 6.45) is 1.82. The lowest BCUT2D eigenvalue weighted by Crippen LogP contribution is -2.54. The molecular weight excluding hydrogens is 412 g/mol. The zero-order chi connectivity index (χ0) is 20.6. The van der Waals surface area contributed by atoms with E-state index in [9.17, 15) is 9.59 Å². The summed E-state index contributed by atoms with van der Waals surface area (Å²) in [6, 6.07) is 3.88. The van der Waals surface area contributed by atoms with E-state index in [1.807, 2.05) is 28.0 Å². The second kappa shape index (κ2) is 11.1. The first kappa shape index (κ1) is 22.2. The quantitative estimate of drug-likeness (QED) is 0.572. The van der Waals surface area contributed by atoms with Crippen LogP contribution in [0.1, 0.15) is 4.88 Å². The summed E-state index contributed by atoms with van der Waals surface area (Å²) in [5.41, 5.74) is 0. The van der Waals surface area contributed by atoms with Crippen LogP contribution in [0.2, 0.25) is 4.34 Å². The molecule has 3 heterocycles.